The van der Waals surface area contributed by atoms with Crippen LogP contribution < -0.4 is 11.3 Å². The highest BCUT2D eigenvalue weighted by Gasteiger charge is 2.29. The largest absolute Gasteiger partial charge is 0.389 e. The Kier molecular flexibility index (Phi) is 4.73. The number of alkyl halides is 3. The van der Waals surface area contributed by atoms with Crippen molar-refractivity contribution >= 4 is 11.6 Å². The van der Waals surface area contributed by atoms with Crippen molar-refractivity contribution < 1.29 is 17.6 Å². The Balaban J connectivity index is 2.82. The third-order valence-electron chi connectivity index (χ3n) is 2.25. The number of benzene rings is 1. The first-order valence-electron chi connectivity index (χ1n) is 4.81. The quantitative estimate of drug-likeness (QED) is 0.500. The van der Waals surface area contributed by atoms with Crippen LogP contribution >= 0.6 is 11.6 Å². The van der Waals surface area contributed by atoms with Crippen molar-refractivity contribution in [2.75, 3.05) is 0 Å². The first-order valence-corrected chi connectivity index (χ1v) is 5.19. The van der Waals surface area contributed by atoms with Gasteiger partial charge in [0.15, 0.2) is 0 Å². The van der Waals surface area contributed by atoms with Crippen LogP contribution in [0.15, 0.2) is 18.2 Å². The molecule has 96 valence electrons. The van der Waals surface area contributed by atoms with E-state index in [2.05, 4.69) is 5.43 Å². The van der Waals surface area contributed by atoms with E-state index < -0.39 is 24.5 Å². The second kappa shape index (κ2) is 5.66. The predicted molar refractivity (Wildman–Crippen MR) is 56.8 cm³/mol. The van der Waals surface area contributed by atoms with Gasteiger partial charge in [-0.05, 0) is 24.6 Å². The van der Waals surface area contributed by atoms with Gasteiger partial charge in [0.05, 0.1) is 0 Å². The van der Waals surface area contributed by atoms with Gasteiger partial charge in [-0.3, -0.25) is 11.3 Å². The fourth-order valence-electron chi connectivity index (χ4n) is 1.42. The van der Waals surface area contributed by atoms with Gasteiger partial charge in [-0.15, -0.1) is 0 Å². The van der Waals surface area contributed by atoms with E-state index in [1.165, 1.54) is 12.1 Å². The molecule has 0 spiro atoms. The summed E-state index contributed by atoms with van der Waals surface area (Å²) in [5.41, 5.74) is 2.19. The minimum Gasteiger partial charge on any atom is -0.271 e. The van der Waals surface area contributed by atoms with Crippen molar-refractivity contribution in [2.45, 2.75) is 25.1 Å². The Labute approximate surface area is 101 Å². The van der Waals surface area contributed by atoms with Crippen LogP contribution in [0.5, 0.6) is 0 Å². The molecule has 0 amide bonds. The smallest absolute Gasteiger partial charge is 0.271 e. The molecule has 0 aliphatic rings. The molecule has 1 aromatic carbocycles. The molecule has 17 heavy (non-hydrogen) atoms. The Bertz CT molecular complexity index is 381. The van der Waals surface area contributed by atoms with Gasteiger partial charge in [0, 0.05) is 23.0 Å². The van der Waals surface area contributed by atoms with Gasteiger partial charge in [0.1, 0.15) is 5.82 Å². The van der Waals surface area contributed by atoms with Crippen molar-refractivity contribution in [3.05, 3.63) is 34.6 Å². The van der Waals surface area contributed by atoms with Crippen LogP contribution in [0.2, 0.25) is 5.02 Å². The van der Waals surface area contributed by atoms with Crippen molar-refractivity contribution in [1.82, 2.24) is 5.43 Å². The zero-order chi connectivity index (χ0) is 13.1. The minimum absolute atomic E-state index is 0.0317. The Morgan fingerprint density at radius 3 is 2.53 bits per heavy atom. The highest BCUT2D eigenvalue weighted by Crippen LogP contribution is 2.29. The molecule has 0 saturated heterocycles. The lowest BCUT2D eigenvalue weighted by Gasteiger charge is -2.18. The standard InChI is InChI=1S/C10H11ClF4N2/c11-6-1-2-8(12)7(5-6)9(17-16)3-4-10(13,14)15/h1-2,5,9,17H,3-4,16H2. The molecule has 0 radical (unpaired) electrons. The number of hydrazine groups is 1. The van der Waals surface area contributed by atoms with Crippen LogP contribution in [0.1, 0.15) is 24.4 Å². The predicted octanol–water partition coefficient (Wildman–Crippen LogP) is 3.33. The van der Waals surface area contributed by atoms with Crippen LogP contribution in [0.3, 0.4) is 0 Å². The van der Waals surface area contributed by atoms with E-state index in [0.29, 0.717) is 0 Å². The van der Waals surface area contributed by atoms with Gasteiger partial charge in [-0.2, -0.15) is 13.2 Å². The molecule has 3 N–H and O–H groups in total. The van der Waals surface area contributed by atoms with Gasteiger partial charge in [-0.1, -0.05) is 11.6 Å². The van der Waals surface area contributed by atoms with E-state index in [9.17, 15) is 17.6 Å². The molecule has 1 atom stereocenters. The van der Waals surface area contributed by atoms with Crippen LogP contribution in [-0.4, -0.2) is 6.18 Å². The van der Waals surface area contributed by atoms with Crippen LogP contribution in [0, 0.1) is 5.82 Å². The Morgan fingerprint density at radius 1 is 1.35 bits per heavy atom. The van der Waals surface area contributed by atoms with Gasteiger partial charge in [0.2, 0.25) is 0 Å². The lowest BCUT2D eigenvalue weighted by molar-refractivity contribution is -0.136. The van der Waals surface area contributed by atoms with E-state index in [1.54, 1.807) is 0 Å². The molecule has 1 aromatic rings. The van der Waals surface area contributed by atoms with Crippen LogP contribution in [0.4, 0.5) is 17.6 Å². The zero-order valence-corrected chi connectivity index (χ0v) is 9.45. The maximum Gasteiger partial charge on any atom is 0.389 e. The highest BCUT2D eigenvalue weighted by molar-refractivity contribution is 6.30. The molecule has 0 aliphatic heterocycles. The number of rotatable bonds is 4. The number of hydrogen-bond acceptors (Lipinski definition) is 2. The van der Waals surface area contributed by atoms with Crippen LogP contribution in [0.25, 0.3) is 0 Å². The molecule has 0 fully saturated rings. The lowest BCUT2D eigenvalue weighted by atomic mass is 10.0. The van der Waals surface area contributed by atoms with Crippen molar-refractivity contribution in [1.29, 1.82) is 0 Å². The third-order valence-corrected chi connectivity index (χ3v) is 2.49. The summed E-state index contributed by atoms with van der Waals surface area (Å²) < 4.78 is 49.6. The van der Waals surface area contributed by atoms with E-state index in [1.807, 2.05) is 0 Å². The van der Waals surface area contributed by atoms with E-state index in [0.717, 1.165) is 6.07 Å². The van der Waals surface area contributed by atoms with Crippen LogP contribution in [-0.2, 0) is 0 Å². The first-order chi connectivity index (χ1) is 7.83. The van der Waals surface area contributed by atoms with E-state index in [4.69, 9.17) is 17.4 Å². The van der Waals surface area contributed by atoms with E-state index >= 15 is 0 Å². The molecule has 0 bridgehead atoms. The molecular weight excluding hydrogens is 260 g/mol. The number of nitrogens with one attached hydrogen (secondary N) is 1. The summed E-state index contributed by atoms with van der Waals surface area (Å²) in [6.07, 6.45) is -5.70. The molecule has 0 aromatic heterocycles. The summed E-state index contributed by atoms with van der Waals surface area (Å²) in [5, 5.41) is 0.244. The van der Waals surface area contributed by atoms with E-state index in [-0.39, 0.29) is 17.0 Å². The Morgan fingerprint density at radius 2 is 2.00 bits per heavy atom. The summed E-state index contributed by atoms with van der Waals surface area (Å²) in [7, 11) is 0. The van der Waals surface area contributed by atoms with Gasteiger partial charge < -0.3 is 0 Å². The SMILES string of the molecule is NNC(CCC(F)(F)F)c1cc(Cl)ccc1F. The summed E-state index contributed by atoms with van der Waals surface area (Å²) >= 11 is 5.65. The first kappa shape index (κ1) is 14.2. The number of nitrogens with two attached hydrogens (primary N) is 1. The average Bonchev–Trinajstić information content (AvgIpc) is 2.22. The highest BCUT2D eigenvalue weighted by atomic mass is 35.5. The number of hydrogen-bond donors (Lipinski definition) is 2. The maximum atomic E-state index is 13.4. The molecule has 1 rings (SSSR count). The zero-order valence-electron chi connectivity index (χ0n) is 8.69. The fraction of sp³-hybridized carbons (Fsp3) is 0.400. The molecule has 1 unspecified atom stereocenters. The Hall–Kier alpha value is -0.850. The monoisotopic (exact) mass is 270 g/mol. The molecule has 0 aliphatic carbocycles. The minimum atomic E-state index is -4.30. The summed E-state index contributed by atoms with van der Waals surface area (Å²) in [6, 6.07) is 2.75. The van der Waals surface area contributed by atoms with Gasteiger partial charge in [-0.25, -0.2) is 4.39 Å². The van der Waals surface area contributed by atoms with Crippen molar-refractivity contribution in [2.24, 2.45) is 5.84 Å². The average molecular weight is 271 g/mol. The second-order valence-corrected chi connectivity index (χ2v) is 3.98. The summed E-state index contributed by atoms with van der Waals surface area (Å²) in [5.74, 6) is 4.49. The molecule has 2 nitrogen and oxygen atoms in total. The van der Waals surface area contributed by atoms with Crippen molar-refractivity contribution in [3.63, 3.8) is 0 Å². The third kappa shape index (κ3) is 4.49. The molecule has 7 heteroatoms. The summed E-state index contributed by atoms with van der Waals surface area (Å²) in [6.45, 7) is 0. The molecule has 0 heterocycles. The number of halogens is 5. The topological polar surface area (TPSA) is 38.0 Å². The second-order valence-electron chi connectivity index (χ2n) is 3.54. The van der Waals surface area contributed by atoms with Gasteiger partial charge in [0.25, 0.3) is 0 Å². The van der Waals surface area contributed by atoms with Crippen molar-refractivity contribution in [3.8, 4) is 0 Å². The maximum absolute atomic E-state index is 13.4. The molecule has 0 saturated carbocycles. The fourth-order valence-corrected chi connectivity index (χ4v) is 1.60. The lowest BCUT2D eigenvalue weighted by Crippen LogP contribution is -2.29. The summed E-state index contributed by atoms with van der Waals surface area (Å²) in [4.78, 5) is 0. The molecular formula is C10H11ClF4N2. The van der Waals surface area contributed by atoms with Gasteiger partial charge >= 0.3 is 6.18 Å². The normalized spacial score (nSPS) is 13.8.